The fourth-order valence-electron chi connectivity index (χ4n) is 3.17. The molecular formula is C22H29N3O4S. The third-order valence-corrected chi connectivity index (χ3v) is 6.00. The van der Waals surface area contributed by atoms with Gasteiger partial charge in [-0.05, 0) is 31.0 Å². The van der Waals surface area contributed by atoms with Gasteiger partial charge in [-0.3, -0.25) is 13.9 Å². The molecule has 0 aliphatic heterocycles. The van der Waals surface area contributed by atoms with Gasteiger partial charge in [0.1, 0.15) is 6.04 Å². The van der Waals surface area contributed by atoms with Crippen molar-refractivity contribution in [3.8, 4) is 0 Å². The summed E-state index contributed by atoms with van der Waals surface area (Å²) in [6.45, 7) is 2.18. The first-order valence-electron chi connectivity index (χ1n) is 9.81. The molecule has 0 aliphatic rings. The highest BCUT2D eigenvalue weighted by Crippen LogP contribution is 2.18. The topological polar surface area (TPSA) is 86.8 Å². The monoisotopic (exact) mass is 431 g/mol. The van der Waals surface area contributed by atoms with Crippen LogP contribution in [-0.4, -0.2) is 51.0 Å². The molecular weight excluding hydrogens is 402 g/mol. The third-order valence-electron chi connectivity index (χ3n) is 4.81. The average Bonchev–Trinajstić information content (AvgIpc) is 2.74. The summed E-state index contributed by atoms with van der Waals surface area (Å²) in [5.74, 6) is -0.446. The molecule has 30 heavy (non-hydrogen) atoms. The van der Waals surface area contributed by atoms with Gasteiger partial charge < -0.3 is 10.2 Å². The minimum atomic E-state index is -3.47. The minimum Gasteiger partial charge on any atom is -0.357 e. The van der Waals surface area contributed by atoms with Crippen molar-refractivity contribution in [2.75, 3.05) is 24.2 Å². The zero-order valence-corrected chi connectivity index (χ0v) is 18.4. The number of carbonyl (C=O) groups is 2. The molecule has 0 spiro atoms. The van der Waals surface area contributed by atoms with Crippen molar-refractivity contribution in [1.82, 2.24) is 10.2 Å². The van der Waals surface area contributed by atoms with Gasteiger partial charge in [0.05, 0.1) is 11.9 Å². The van der Waals surface area contributed by atoms with Gasteiger partial charge in [0, 0.05) is 26.6 Å². The summed E-state index contributed by atoms with van der Waals surface area (Å²) in [6, 6.07) is 17.6. The van der Waals surface area contributed by atoms with E-state index in [0.717, 1.165) is 11.8 Å². The van der Waals surface area contributed by atoms with Crippen LogP contribution in [0.3, 0.4) is 0 Å². The lowest BCUT2D eigenvalue weighted by Gasteiger charge is -2.29. The van der Waals surface area contributed by atoms with Crippen molar-refractivity contribution in [2.24, 2.45) is 0 Å². The van der Waals surface area contributed by atoms with E-state index in [9.17, 15) is 18.0 Å². The van der Waals surface area contributed by atoms with E-state index in [1.165, 1.54) is 16.3 Å². The molecule has 0 bridgehead atoms. The lowest BCUT2D eigenvalue weighted by Crippen LogP contribution is -2.46. The molecule has 2 aromatic rings. The first-order chi connectivity index (χ1) is 14.2. The van der Waals surface area contributed by atoms with Gasteiger partial charge in [-0.15, -0.1) is 0 Å². The summed E-state index contributed by atoms with van der Waals surface area (Å²) in [4.78, 5) is 26.6. The van der Waals surface area contributed by atoms with E-state index >= 15 is 0 Å². The summed E-state index contributed by atoms with van der Waals surface area (Å²) >= 11 is 0. The molecule has 0 unspecified atom stereocenters. The Kier molecular flexibility index (Phi) is 8.41. The summed E-state index contributed by atoms with van der Waals surface area (Å²) in [5, 5.41) is 2.58. The van der Waals surface area contributed by atoms with Gasteiger partial charge in [0.25, 0.3) is 0 Å². The molecule has 8 heteroatoms. The SMILES string of the molecule is CNC(=O)[C@@H](C)N(Cc1ccccc1)C(=O)CCCN(c1ccccc1)S(C)(=O)=O. The second-order valence-electron chi connectivity index (χ2n) is 7.07. The third kappa shape index (κ3) is 6.59. The van der Waals surface area contributed by atoms with Crippen LogP contribution in [0.4, 0.5) is 5.69 Å². The zero-order valence-electron chi connectivity index (χ0n) is 17.6. The van der Waals surface area contributed by atoms with Gasteiger partial charge in [-0.2, -0.15) is 0 Å². The molecule has 2 amide bonds. The normalized spacial score (nSPS) is 12.1. The quantitative estimate of drug-likeness (QED) is 0.626. The molecule has 1 N–H and O–H groups in total. The van der Waals surface area contributed by atoms with Crippen molar-refractivity contribution < 1.29 is 18.0 Å². The maximum absolute atomic E-state index is 13.0. The Balaban J connectivity index is 2.09. The molecule has 2 rings (SSSR count). The molecule has 0 radical (unpaired) electrons. The van der Waals surface area contributed by atoms with Crippen LogP contribution in [0.25, 0.3) is 0 Å². The molecule has 1 atom stereocenters. The van der Waals surface area contributed by atoms with Crippen LogP contribution in [0.2, 0.25) is 0 Å². The van der Waals surface area contributed by atoms with E-state index in [1.54, 1.807) is 31.2 Å². The van der Waals surface area contributed by atoms with Crippen molar-refractivity contribution in [1.29, 1.82) is 0 Å². The highest BCUT2D eigenvalue weighted by molar-refractivity contribution is 7.92. The van der Waals surface area contributed by atoms with Crippen LogP contribution in [0, 0.1) is 0 Å². The van der Waals surface area contributed by atoms with Crippen molar-refractivity contribution in [3.05, 3.63) is 66.2 Å². The van der Waals surface area contributed by atoms with Crippen LogP contribution in [-0.2, 0) is 26.2 Å². The number of nitrogens with one attached hydrogen (secondary N) is 1. The van der Waals surface area contributed by atoms with Crippen LogP contribution >= 0.6 is 0 Å². The first kappa shape index (κ1) is 23.4. The second kappa shape index (κ2) is 10.8. The smallest absolute Gasteiger partial charge is 0.242 e. The van der Waals surface area contributed by atoms with Crippen LogP contribution in [0.1, 0.15) is 25.3 Å². The fourth-order valence-corrected chi connectivity index (χ4v) is 4.14. The Morgan fingerprint density at radius 3 is 2.10 bits per heavy atom. The van der Waals surface area contributed by atoms with E-state index in [1.807, 2.05) is 36.4 Å². The number of nitrogens with zero attached hydrogens (tertiary/aromatic N) is 2. The number of rotatable bonds is 10. The lowest BCUT2D eigenvalue weighted by atomic mass is 10.1. The van der Waals surface area contributed by atoms with E-state index in [4.69, 9.17) is 0 Å². The molecule has 0 heterocycles. The van der Waals surface area contributed by atoms with Crippen molar-refractivity contribution >= 4 is 27.5 Å². The maximum atomic E-state index is 13.0. The number of likely N-dealkylation sites (N-methyl/N-ethyl adjacent to an activating group) is 1. The number of hydrogen-bond acceptors (Lipinski definition) is 4. The Bertz CT molecular complexity index is 933. The summed E-state index contributed by atoms with van der Waals surface area (Å²) in [6.07, 6.45) is 1.62. The molecule has 0 fully saturated rings. The Labute approximate surface area is 178 Å². The second-order valence-corrected chi connectivity index (χ2v) is 8.98. The lowest BCUT2D eigenvalue weighted by molar-refractivity contribution is -0.140. The number of carbonyl (C=O) groups excluding carboxylic acids is 2. The van der Waals surface area contributed by atoms with Gasteiger partial charge in [-0.25, -0.2) is 8.42 Å². The largest absolute Gasteiger partial charge is 0.357 e. The number of para-hydroxylation sites is 1. The highest BCUT2D eigenvalue weighted by Gasteiger charge is 2.26. The zero-order chi connectivity index (χ0) is 22.1. The van der Waals surface area contributed by atoms with E-state index < -0.39 is 16.1 Å². The number of benzene rings is 2. The average molecular weight is 432 g/mol. The predicted molar refractivity (Wildman–Crippen MR) is 118 cm³/mol. The standard InChI is InChI=1S/C22H29N3O4S/c1-18(22(27)23-2)24(17-19-11-6-4-7-12-19)21(26)15-10-16-25(30(3,28)29)20-13-8-5-9-14-20/h4-9,11-14,18H,10,15-17H2,1-3H3,(H,23,27)/t18-/m1/s1. The summed E-state index contributed by atoms with van der Waals surface area (Å²) in [5.41, 5.74) is 1.48. The number of sulfonamides is 1. The molecule has 162 valence electrons. The van der Waals surface area contributed by atoms with Gasteiger partial charge >= 0.3 is 0 Å². The van der Waals surface area contributed by atoms with Crippen LogP contribution in [0.5, 0.6) is 0 Å². The van der Waals surface area contributed by atoms with Crippen LogP contribution < -0.4 is 9.62 Å². The minimum absolute atomic E-state index is 0.132. The van der Waals surface area contributed by atoms with E-state index in [-0.39, 0.29) is 24.8 Å². The van der Waals surface area contributed by atoms with Gasteiger partial charge in [-0.1, -0.05) is 48.5 Å². The molecule has 0 aromatic heterocycles. The number of amides is 2. The Morgan fingerprint density at radius 1 is 1.00 bits per heavy atom. The van der Waals surface area contributed by atoms with E-state index in [0.29, 0.717) is 18.7 Å². The van der Waals surface area contributed by atoms with E-state index in [2.05, 4.69) is 5.32 Å². The molecule has 0 saturated carbocycles. The molecule has 2 aromatic carbocycles. The Hall–Kier alpha value is -2.87. The van der Waals surface area contributed by atoms with Crippen LogP contribution in [0.15, 0.2) is 60.7 Å². The summed E-state index contributed by atoms with van der Waals surface area (Å²) in [7, 11) is -1.94. The number of hydrogen-bond donors (Lipinski definition) is 1. The first-order valence-corrected chi connectivity index (χ1v) is 11.7. The molecule has 0 saturated heterocycles. The van der Waals surface area contributed by atoms with Gasteiger partial charge in [0.2, 0.25) is 21.8 Å². The predicted octanol–water partition coefficient (Wildman–Crippen LogP) is 2.40. The highest BCUT2D eigenvalue weighted by atomic mass is 32.2. The van der Waals surface area contributed by atoms with Gasteiger partial charge in [0.15, 0.2) is 0 Å². The molecule has 0 aliphatic carbocycles. The number of anilines is 1. The van der Waals surface area contributed by atoms with Crippen molar-refractivity contribution in [3.63, 3.8) is 0 Å². The van der Waals surface area contributed by atoms with Crippen molar-refractivity contribution in [2.45, 2.75) is 32.4 Å². The Morgan fingerprint density at radius 2 is 1.57 bits per heavy atom. The molecule has 7 nitrogen and oxygen atoms in total. The fraction of sp³-hybridized carbons (Fsp3) is 0.364. The summed E-state index contributed by atoms with van der Waals surface area (Å²) < 4.78 is 25.7. The maximum Gasteiger partial charge on any atom is 0.242 e.